The number of likely N-dealkylation sites (tertiary alicyclic amines) is 1. The van der Waals surface area contributed by atoms with Crippen molar-refractivity contribution in [3.05, 3.63) is 0 Å². The van der Waals surface area contributed by atoms with E-state index in [1.165, 1.54) is 0 Å². The van der Waals surface area contributed by atoms with E-state index < -0.39 is 12.1 Å². The van der Waals surface area contributed by atoms with E-state index in [-0.39, 0.29) is 24.4 Å². The first-order valence-electron chi connectivity index (χ1n) is 6.75. The van der Waals surface area contributed by atoms with Crippen LogP contribution in [0.1, 0.15) is 39.5 Å². The van der Waals surface area contributed by atoms with Gasteiger partial charge in [0, 0.05) is 26.1 Å². The van der Waals surface area contributed by atoms with Gasteiger partial charge in [0.05, 0.1) is 0 Å². The molecule has 110 valence electrons. The zero-order chi connectivity index (χ0) is 14.5. The molecule has 1 atom stereocenters. The Balaban J connectivity index is 2.31. The van der Waals surface area contributed by atoms with Crippen molar-refractivity contribution >= 4 is 12.0 Å². The highest BCUT2D eigenvalue weighted by Gasteiger charge is 2.25. The molecule has 0 aromatic rings. The van der Waals surface area contributed by atoms with Crippen LogP contribution in [0.2, 0.25) is 0 Å². The van der Waals surface area contributed by atoms with E-state index in [1.807, 2.05) is 0 Å². The van der Waals surface area contributed by atoms with Crippen LogP contribution in [0.3, 0.4) is 0 Å². The first-order valence-corrected chi connectivity index (χ1v) is 6.75. The first kappa shape index (κ1) is 15.8. The van der Waals surface area contributed by atoms with Gasteiger partial charge in [0.1, 0.15) is 0 Å². The van der Waals surface area contributed by atoms with E-state index in [9.17, 15) is 9.59 Å². The summed E-state index contributed by atoms with van der Waals surface area (Å²) >= 11 is 0. The number of urea groups is 1. The van der Waals surface area contributed by atoms with Crippen molar-refractivity contribution in [2.75, 3.05) is 19.6 Å². The zero-order valence-corrected chi connectivity index (χ0v) is 11.7. The maximum Gasteiger partial charge on any atom is 0.332 e. The van der Waals surface area contributed by atoms with E-state index >= 15 is 0 Å². The number of rotatable bonds is 4. The molecule has 0 bridgehead atoms. The summed E-state index contributed by atoms with van der Waals surface area (Å²) in [7, 11) is 0. The fourth-order valence-corrected chi connectivity index (χ4v) is 2.18. The predicted octanol–water partition coefficient (Wildman–Crippen LogP) is 1.04. The van der Waals surface area contributed by atoms with E-state index in [0.717, 1.165) is 32.4 Å². The lowest BCUT2D eigenvalue weighted by Crippen LogP contribution is -2.42. The molecule has 1 fully saturated rings. The Hall–Kier alpha value is -1.30. The summed E-state index contributed by atoms with van der Waals surface area (Å²) < 4.78 is 0. The van der Waals surface area contributed by atoms with Gasteiger partial charge in [-0.05, 0) is 24.7 Å². The number of hydrogen-bond acceptors (Lipinski definition) is 3. The average molecular weight is 272 g/mol. The van der Waals surface area contributed by atoms with E-state index in [2.05, 4.69) is 19.2 Å². The molecule has 1 rings (SSSR count). The van der Waals surface area contributed by atoms with Gasteiger partial charge in [-0.2, -0.15) is 0 Å². The highest BCUT2D eigenvalue weighted by Crippen LogP contribution is 2.29. The van der Waals surface area contributed by atoms with Crippen molar-refractivity contribution < 1.29 is 19.8 Å². The molecule has 0 aliphatic carbocycles. The Kier molecular flexibility index (Phi) is 5.60. The van der Waals surface area contributed by atoms with Gasteiger partial charge in [-0.15, -0.1) is 0 Å². The number of carboxylic acid groups (broad SMARTS) is 1. The third-order valence-corrected chi connectivity index (χ3v) is 3.61. The normalized spacial score (nSPS) is 20.5. The van der Waals surface area contributed by atoms with Crippen LogP contribution in [0.25, 0.3) is 0 Å². The molecule has 1 saturated heterocycles. The molecule has 0 radical (unpaired) electrons. The van der Waals surface area contributed by atoms with Crippen molar-refractivity contribution in [2.24, 2.45) is 5.41 Å². The maximum absolute atomic E-state index is 11.9. The molecular formula is C13H24N2O4. The molecule has 0 spiro atoms. The van der Waals surface area contributed by atoms with Crippen molar-refractivity contribution in [1.29, 1.82) is 0 Å². The van der Waals surface area contributed by atoms with Gasteiger partial charge < -0.3 is 20.4 Å². The highest BCUT2D eigenvalue weighted by atomic mass is 16.4. The molecule has 6 nitrogen and oxygen atoms in total. The van der Waals surface area contributed by atoms with Crippen LogP contribution in [0, 0.1) is 5.41 Å². The molecule has 0 saturated carbocycles. The second kappa shape index (κ2) is 6.75. The zero-order valence-electron chi connectivity index (χ0n) is 11.7. The number of hydrogen-bond donors (Lipinski definition) is 3. The van der Waals surface area contributed by atoms with Crippen LogP contribution in [0.5, 0.6) is 0 Å². The molecule has 0 aromatic heterocycles. The van der Waals surface area contributed by atoms with Gasteiger partial charge >= 0.3 is 12.0 Å². The lowest BCUT2D eigenvalue weighted by atomic mass is 9.85. The molecule has 19 heavy (non-hydrogen) atoms. The molecular weight excluding hydrogens is 248 g/mol. The van der Waals surface area contributed by atoms with Gasteiger partial charge in [0.25, 0.3) is 0 Å². The lowest BCUT2D eigenvalue weighted by molar-refractivity contribution is -0.146. The Morgan fingerprint density at radius 2 is 2.00 bits per heavy atom. The smallest absolute Gasteiger partial charge is 0.332 e. The minimum Gasteiger partial charge on any atom is -0.479 e. The summed E-state index contributed by atoms with van der Waals surface area (Å²) in [6.07, 6.45) is 1.67. The third-order valence-electron chi connectivity index (χ3n) is 3.61. The lowest BCUT2D eigenvalue weighted by Gasteiger charge is -2.23. The highest BCUT2D eigenvalue weighted by molar-refractivity contribution is 5.74. The summed E-state index contributed by atoms with van der Waals surface area (Å²) in [6, 6.07) is -0.171. The van der Waals surface area contributed by atoms with Gasteiger partial charge in [-0.3, -0.25) is 0 Å². The molecule has 1 aliphatic heterocycles. The first-order chi connectivity index (χ1) is 8.82. The minimum absolute atomic E-state index is 0.0282. The van der Waals surface area contributed by atoms with E-state index in [4.69, 9.17) is 10.2 Å². The summed E-state index contributed by atoms with van der Waals surface area (Å²) in [5.41, 5.74) is 0.272. The summed E-state index contributed by atoms with van der Waals surface area (Å²) in [6.45, 7) is 6.04. The average Bonchev–Trinajstić information content (AvgIpc) is 2.49. The van der Waals surface area contributed by atoms with Crippen LogP contribution >= 0.6 is 0 Å². The monoisotopic (exact) mass is 272 g/mol. The number of carboxylic acids is 1. The number of carbonyl (C=O) groups excluding carboxylic acids is 1. The summed E-state index contributed by atoms with van der Waals surface area (Å²) in [5.74, 6) is -1.26. The van der Waals surface area contributed by atoms with Crippen molar-refractivity contribution in [3.8, 4) is 0 Å². The number of carbonyl (C=O) groups is 2. The van der Waals surface area contributed by atoms with Crippen LogP contribution in [-0.4, -0.2) is 52.9 Å². The second-order valence-corrected chi connectivity index (χ2v) is 5.88. The van der Waals surface area contributed by atoms with Crippen molar-refractivity contribution in [1.82, 2.24) is 10.2 Å². The van der Waals surface area contributed by atoms with E-state index in [0.29, 0.717) is 0 Å². The molecule has 2 amide bonds. The van der Waals surface area contributed by atoms with Gasteiger partial charge in [0.2, 0.25) is 0 Å². The number of aliphatic hydroxyl groups is 1. The number of nitrogens with one attached hydrogen (secondary N) is 1. The second-order valence-electron chi connectivity index (χ2n) is 5.88. The van der Waals surface area contributed by atoms with Crippen molar-refractivity contribution in [2.45, 2.75) is 45.6 Å². The molecule has 6 heteroatoms. The minimum atomic E-state index is -1.41. The van der Waals surface area contributed by atoms with E-state index in [1.54, 1.807) is 4.90 Å². The summed E-state index contributed by atoms with van der Waals surface area (Å²) in [5, 5.41) is 20.3. The third kappa shape index (κ3) is 5.46. The maximum atomic E-state index is 11.9. The molecule has 1 heterocycles. The number of nitrogens with zero attached hydrogens (tertiary/aromatic N) is 1. The Morgan fingerprint density at radius 3 is 2.63 bits per heavy atom. The Labute approximate surface area is 113 Å². The summed E-state index contributed by atoms with van der Waals surface area (Å²) in [4.78, 5) is 24.1. The number of aliphatic hydroxyl groups excluding tert-OH is 1. The fraction of sp³-hybridized carbons (Fsp3) is 0.846. The van der Waals surface area contributed by atoms with Gasteiger partial charge in [-0.25, -0.2) is 9.59 Å². The van der Waals surface area contributed by atoms with Gasteiger partial charge in [-0.1, -0.05) is 13.8 Å². The Morgan fingerprint density at radius 1 is 1.32 bits per heavy atom. The molecule has 1 aliphatic rings. The van der Waals surface area contributed by atoms with Crippen LogP contribution in [0.4, 0.5) is 4.79 Å². The quantitative estimate of drug-likeness (QED) is 0.713. The van der Waals surface area contributed by atoms with Crippen LogP contribution in [-0.2, 0) is 4.79 Å². The molecule has 0 aromatic carbocycles. The molecule has 1 unspecified atom stereocenters. The number of aliphatic carboxylic acids is 1. The topological polar surface area (TPSA) is 89.9 Å². The van der Waals surface area contributed by atoms with Crippen LogP contribution in [0.15, 0.2) is 0 Å². The van der Waals surface area contributed by atoms with Crippen LogP contribution < -0.4 is 5.32 Å². The number of amides is 2. The SMILES string of the molecule is CC1(C)CCCN(C(=O)NCCC(O)C(=O)O)CC1. The fourth-order valence-electron chi connectivity index (χ4n) is 2.18. The van der Waals surface area contributed by atoms with Crippen molar-refractivity contribution in [3.63, 3.8) is 0 Å². The predicted molar refractivity (Wildman–Crippen MR) is 70.9 cm³/mol. The largest absolute Gasteiger partial charge is 0.479 e. The standard InChI is InChI=1S/C13H24N2O4/c1-13(2)5-3-8-15(9-6-13)12(19)14-7-4-10(16)11(17)18/h10,16H,3-9H2,1-2H3,(H,14,19)(H,17,18). The van der Waals surface area contributed by atoms with Gasteiger partial charge in [0.15, 0.2) is 6.10 Å². The molecule has 3 N–H and O–H groups in total. The Bertz CT molecular complexity index is 331.